The molecule has 0 amide bonds. The molecule has 1 fully saturated rings. The maximum absolute atomic E-state index is 13.1. The van der Waals surface area contributed by atoms with Crippen LogP contribution in [0.5, 0.6) is 6.01 Å². The number of aromatic nitrogens is 3. The summed E-state index contributed by atoms with van der Waals surface area (Å²) in [6.07, 6.45) is -3.55. The van der Waals surface area contributed by atoms with Crippen LogP contribution in [-0.2, 0) is 23.2 Å². The normalized spacial score (nSPS) is 18.4. The number of halogens is 3. The number of hydrogen-bond acceptors (Lipinski definition) is 7. The zero-order valence-electron chi connectivity index (χ0n) is 16.2. The lowest BCUT2D eigenvalue weighted by Gasteiger charge is -2.31. The number of nitrogens with zero attached hydrogens (tertiary/aromatic N) is 4. The fourth-order valence-electron chi connectivity index (χ4n) is 3.34. The molecular weight excluding hydrogens is 441 g/mol. The molecule has 9 nitrogen and oxygen atoms in total. The van der Waals surface area contributed by atoms with Gasteiger partial charge in [-0.25, -0.2) is 18.2 Å². The summed E-state index contributed by atoms with van der Waals surface area (Å²) in [4.78, 5) is 18.7. The Hall–Kier alpha value is -2.93. The Bertz CT molecular complexity index is 1290. The summed E-state index contributed by atoms with van der Waals surface area (Å²) in [5.74, 6) is -0.614. The molecule has 1 aromatic carbocycles. The fraction of sp³-hybridized carbons (Fsp3) is 0.389. The molecule has 0 N–H and O–H groups in total. The number of ether oxygens (including phenoxy) is 1. The average Bonchev–Trinajstić information content (AvgIpc) is 3.01. The number of hydrogen-bond donors (Lipinski definition) is 0. The lowest BCUT2D eigenvalue weighted by atomic mass is 10.1. The van der Waals surface area contributed by atoms with Crippen molar-refractivity contribution in [2.45, 2.75) is 30.0 Å². The van der Waals surface area contributed by atoms with Crippen LogP contribution in [0.25, 0.3) is 11.1 Å². The van der Waals surface area contributed by atoms with Crippen LogP contribution in [0.1, 0.15) is 18.5 Å². The summed E-state index contributed by atoms with van der Waals surface area (Å²) in [5, 5.41) is 0. The van der Waals surface area contributed by atoms with E-state index in [2.05, 4.69) is 9.97 Å². The van der Waals surface area contributed by atoms with Crippen molar-refractivity contribution >= 4 is 21.1 Å². The van der Waals surface area contributed by atoms with Gasteiger partial charge in [0.05, 0.1) is 17.0 Å². The summed E-state index contributed by atoms with van der Waals surface area (Å²) in [5.41, 5.74) is -0.557. The molecule has 4 rings (SSSR count). The van der Waals surface area contributed by atoms with Gasteiger partial charge in [-0.15, -0.1) is 0 Å². The zero-order valence-corrected chi connectivity index (χ0v) is 17.0. The molecule has 1 aliphatic rings. The molecule has 3 heterocycles. The van der Waals surface area contributed by atoms with Crippen LogP contribution in [-0.4, -0.2) is 46.5 Å². The Morgan fingerprint density at radius 3 is 2.77 bits per heavy atom. The highest BCUT2D eigenvalue weighted by Gasteiger charge is 2.35. The van der Waals surface area contributed by atoms with Crippen LogP contribution >= 0.6 is 0 Å². The first-order valence-electron chi connectivity index (χ1n) is 9.22. The molecule has 0 aliphatic carbocycles. The fourth-order valence-corrected chi connectivity index (χ4v) is 4.87. The van der Waals surface area contributed by atoms with Crippen LogP contribution in [0.15, 0.2) is 44.6 Å². The van der Waals surface area contributed by atoms with Crippen LogP contribution in [0.3, 0.4) is 0 Å². The van der Waals surface area contributed by atoms with Crippen LogP contribution < -0.4 is 10.5 Å². The number of sulfonamides is 1. The van der Waals surface area contributed by atoms with Crippen LogP contribution in [0.2, 0.25) is 0 Å². The molecular formula is C18H17F3N4O5S. The second-order valence-corrected chi connectivity index (χ2v) is 8.96. The zero-order chi connectivity index (χ0) is 22.4. The second-order valence-electron chi connectivity index (χ2n) is 7.02. The number of fused-ring (bicyclic) bond motifs is 1. The van der Waals surface area contributed by atoms with E-state index in [0.29, 0.717) is 18.4 Å². The standard InChI is InChI=1S/C18H17F3N4O5S/c1-24-13-9-12(4-5-14(13)30-17(24)26)31(27,28)25-8-2-3-11(10-25)29-16-22-7-6-15(23-16)18(19,20)21/h4-7,9,11H,2-3,8,10H2,1H3. The van der Waals surface area contributed by atoms with Gasteiger partial charge in [-0.1, -0.05) is 0 Å². The summed E-state index contributed by atoms with van der Waals surface area (Å²) in [6.45, 7) is 0.137. The molecule has 3 aromatic rings. The van der Waals surface area contributed by atoms with Crippen molar-refractivity contribution in [1.82, 2.24) is 18.8 Å². The number of benzene rings is 1. The summed E-state index contributed by atoms with van der Waals surface area (Å²) >= 11 is 0. The van der Waals surface area contributed by atoms with Crippen molar-refractivity contribution in [1.29, 1.82) is 0 Å². The van der Waals surface area contributed by atoms with Crippen molar-refractivity contribution in [2.75, 3.05) is 13.1 Å². The molecule has 0 bridgehead atoms. The van der Waals surface area contributed by atoms with Gasteiger partial charge in [0.1, 0.15) is 6.10 Å². The topological polar surface area (TPSA) is 108 Å². The Morgan fingerprint density at radius 2 is 2.03 bits per heavy atom. The Kier molecular flexibility index (Phi) is 5.25. The molecule has 1 atom stereocenters. The van der Waals surface area contributed by atoms with Gasteiger partial charge in [0.25, 0.3) is 0 Å². The lowest BCUT2D eigenvalue weighted by Crippen LogP contribution is -2.44. The highest BCUT2D eigenvalue weighted by Crippen LogP contribution is 2.29. The Labute approximate surface area is 174 Å². The van der Waals surface area contributed by atoms with E-state index in [1.807, 2.05) is 0 Å². The Balaban J connectivity index is 1.55. The molecule has 166 valence electrons. The molecule has 0 spiro atoms. The van der Waals surface area contributed by atoms with Gasteiger partial charge in [-0.05, 0) is 37.1 Å². The quantitative estimate of drug-likeness (QED) is 0.590. The van der Waals surface area contributed by atoms with Gasteiger partial charge in [-0.3, -0.25) is 4.57 Å². The highest BCUT2D eigenvalue weighted by atomic mass is 32.2. The summed E-state index contributed by atoms with van der Waals surface area (Å²) in [6, 6.07) is 4.34. The van der Waals surface area contributed by atoms with Gasteiger partial charge in [0.2, 0.25) is 10.0 Å². The van der Waals surface area contributed by atoms with Gasteiger partial charge >= 0.3 is 17.9 Å². The first-order chi connectivity index (χ1) is 14.6. The van der Waals surface area contributed by atoms with E-state index < -0.39 is 39.8 Å². The highest BCUT2D eigenvalue weighted by molar-refractivity contribution is 7.89. The van der Waals surface area contributed by atoms with E-state index >= 15 is 0 Å². The lowest BCUT2D eigenvalue weighted by molar-refractivity contribution is -0.141. The van der Waals surface area contributed by atoms with E-state index in [4.69, 9.17) is 9.15 Å². The van der Waals surface area contributed by atoms with Crippen molar-refractivity contribution in [3.05, 3.63) is 46.7 Å². The van der Waals surface area contributed by atoms with Crippen molar-refractivity contribution < 1.29 is 30.7 Å². The largest absolute Gasteiger partial charge is 0.459 e. The smallest absolute Gasteiger partial charge is 0.433 e. The van der Waals surface area contributed by atoms with Crippen molar-refractivity contribution in [3.8, 4) is 6.01 Å². The van der Waals surface area contributed by atoms with Crippen LogP contribution in [0, 0.1) is 0 Å². The number of aryl methyl sites for hydroxylation is 1. The maximum Gasteiger partial charge on any atom is 0.433 e. The Morgan fingerprint density at radius 1 is 1.26 bits per heavy atom. The molecule has 0 saturated carbocycles. The van der Waals surface area contributed by atoms with E-state index in [1.54, 1.807) is 0 Å². The van der Waals surface area contributed by atoms with Gasteiger partial charge in [-0.2, -0.15) is 22.5 Å². The van der Waals surface area contributed by atoms with Crippen molar-refractivity contribution in [2.24, 2.45) is 7.05 Å². The molecule has 1 saturated heterocycles. The third-order valence-electron chi connectivity index (χ3n) is 4.94. The van der Waals surface area contributed by atoms with E-state index in [9.17, 15) is 26.4 Å². The molecule has 0 radical (unpaired) electrons. The minimum atomic E-state index is -4.64. The van der Waals surface area contributed by atoms with E-state index in [1.165, 1.54) is 34.1 Å². The second kappa shape index (κ2) is 7.64. The third kappa shape index (κ3) is 4.14. The number of rotatable bonds is 4. The predicted molar refractivity (Wildman–Crippen MR) is 101 cm³/mol. The van der Waals surface area contributed by atoms with E-state index in [-0.39, 0.29) is 23.6 Å². The molecule has 31 heavy (non-hydrogen) atoms. The van der Waals surface area contributed by atoms with Gasteiger partial charge in [0.15, 0.2) is 11.3 Å². The van der Waals surface area contributed by atoms with Gasteiger partial charge in [0, 0.05) is 19.8 Å². The summed E-state index contributed by atoms with van der Waals surface area (Å²) < 4.78 is 77.6. The van der Waals surface area contributed by atoms with Gasteiger partial charge < -0.3 is 9.15 Å². The summed E-state index contributed by atoms with van der Waals surface area (Å²) in [7, 11) is -2.48. The van der Waals surface area contributed by atoms with E-state index in [0.717, 1.165) is 12.3 Å². The number of alkyl halides is 3. The molecule has 13 heteroatoms. The first-order valence-corrected chi connectivity index (χ1v) is 10.7. The SMILES string of the molecule is Cn1c(=O)oc2ccc(S(=O)(=O)N3CCCC(Oc4nccc(C(F)(F)F)n4)C3)cc21. The molecule has 1 aliphatic heterocycles. The minimum Gasteiger partial charge on any atom is -0.459 e. The van der Waals surface area contributed by atoms with Crippen molar-refractivity contribution in [3.63, 3.8) is 0 Å². The molecule has 1 unspecified atom stereocenters. The third-order valence-corrected chi connectivity index (χ3v) is 6.80. The predicted octanol–water partition coefficient (Wildman–Crippen LogP) is 2.17. The molecule has 2 aromatic heterocycles. The number of piperidine rings is 1. The monoisotopic (exact) mass is 458 g/mol. The first kappa shape index (κ1) is 21.3. The van der Waals surface area contributed by atoms with Crippen LogP contribution in [0.4, 0.5) is 13.2 Å². The minimum absolute atomic E-state index is 0.0348. The number of oxazole rings is 1. The average molecular weight is 458 g/mol. The maximum atomic E-state index is 13.1.